The summed E-state index contributed by atoms with van der Waals surface area (Å²) in [4.78, 5) is 29.1. The van der Waals surface area contributed by atoms with Gasteiger partial charge in [-0.25, -0.2) is 4.79 Å². The van der Waals surface area contributed by atoms with Crippen molar-refractivity contribution >= 4 is 35.0 Å². The molecule has 38 heavy (non-hydrogen) atoms. The number of piperidine rings is 1. The van der Waals surface area contributed by atoms with Crippen LogP contribution in [0.1, 0.15) is 41.3 Å². The number of phenols is 1. The number of hydrogen-bond acceptors (Lipinski definition) is 5. The van der Waals surface area contributed by atoms with E-state index in [9.17, 15) is 14.7 Å². The number of cyclic esters (lactones) is 1. The highest BCUT2D eigenvalue weighted by Crippen LogP contribution is 2.34. The minimum absolute atomic E-state index is 0.0234. The van der Waals surface area contributed by atoms with Crippen molar-refractivity contribution in [3.63, 3.8) is 0 Å². The molecule has 0 saturated carbocycles. The van der Waals surface area contributed by atoms with Crippen LogP contribution in [0.3, 0.4) is 0 Å². The minimum atomic E-state index is -0.284. The van der Waals surface area contributed by atoms with Crippen LogP contribution in [0.2, 0.25) is 5.02 Å². The molecule has 1 saturated heterocycles. The predicted molar refractivity (Wildman–Crippen MR) is 149 cm³/mol. The van der Waals surface area contributed by atoms with Gasteiger partial charge in [0.25, 0.3) is 5.91 Å². The van der Waals surface area contributed by atoms with E-state index in [0.717, 1.165) is 54.9 Å². The normalized spacial score (nSPS) is 16.5. The summed E-state index contributed by atoms with van der Waals surface area (Å²) in [6.45, 7) is 4.48. The SMILES string of the molecule is CC(CNC(=O)c1ccccc1O)Cc1ccc(N2CCC(N3C(=O)OCc4ccccc43)CC2)c(Cl)c1. The molecule has 2 heterocycles. The van der Waals surface area contributed by atoms with Crippen molar-refractivity contribution in [2.45, 2.75) is 38.8 Å². The van der Waals surface area contributed by atoms with E-state index in [1.165, 1.54) is 6.07 Å². The number of nitrogens with zero attached hydrogens (tertiary/aromatic N) is 2. The third-order valence-corrected chi connectivity index (χ3v) is 7.63. The molecule has 2 aliphatic rings. The van der Waals surface area contributed by atoms with Crippen molar-refractivity contribution in [2.75, 3.05) is 29.4 Å². The highest BCUT2D eigenvalue weighted by molar-refractivity contribution is 6.33. The second-order valence-corrected chi connectivity index (χ2v) is 10.5. The topological polar surface area (TPSA) is 82.1 Å². The molecule has 2 amide bonds. The molecule has 0 radical (unpaired) electrons. The largest absolute Gasteiger partial charge is 0.507 e. The molecule has 0 spiro atoms. The van der Waals surface area contributed by atoms with Crippen molar-refractivity contribution in [3.05, 3.63) is 88.4 Å². The van der Waals surface area contributed by atoms with Crippen molar-refractivity contribution < 1.29 is 19.4 Å². The van der Waals surface area contributed by atoms with Crippen LogP contribution in [-0.2, 0) is 17.8 Å². The van der Waals surface area contributed by atoms with Gasteiger partial charge in [-0.2, -0.15) is 0 Å². The molecular weight excluding hydrogens is 502 g/mol. The van der Waals surface area contributed by atoms with E-state index in [1.807, 2.05) is 35.2 Å². The number of rotatable bonds is 7. The summed E-state index contributed by atoms with van der Waals surface area (Å²) in [7, 11) is 0. The zero-order valence-electron chi connectivity index (χ0n) is 21.4. The zero-order valence-corrected chi connectivity index (χ0v) is 22.2. The van der Waals surface area contributed by atoms with E-state index in [1.54, 1.807) is 18.2 Å². The number of amides is 2. The molecule has 1 fully saturated rings. The van der Waals surface area contributed by atoms with Crippen molar-refractivity contribution in [1.82, 2.24) is 5.32 Å². The number of anilines is 2. The molecule has 3 aromatic carbocycles. The molecule has 2 aliphatic heterocycles. The molecular formula is C30H32ClN3O4. The van der Waals surface area contributed by atoms with E-state index in [4.69, 9.17) is 16.3 Å². The van der Waals surface area contributed by atoms with Crippen LogP contribution in [-0.4, -0.2) is 42.8 Å². The zero-order chi connectivity index (χ0) is 26.6. The standard InChI is InChI=1S/C30H32ClN3O4/c1-20(18-32-29(36)24-7-3-5-9-28(24)35)16-21-10-11-27(25(31)17-21)33-14-12-23(13-15-33)34-26-8-4-2-6-22(26)19-38-30(34)37/h2-11,17,20,23,35H,12-16,18-19H2,1H3,(H,32,36). The van der Waals surface area contributed by atoms with Crippen LogP contribution in [0, 0.1) is 5.92 Å². The summed E-state index contributed by atoms with van der Waals surface area (Å²) in [5.74, 6) is -0.118. The third-order valence-electron chi connectivity index (χ3n) is 7.33. The van der Waals surface area contributed by atoms with Gasteiger partial charge < -0.3 is 20.1 Å². The van der Waals surface area contributed by atoms with Crippen LogP contribution in [0.15, 0.2) is 66.7 Å². The number of halogens is 1. The second kappa shape index (κ2) is 11.4. The first-order chi connectivity index (χ1) is 18.4. The van der Waals surface area contributed by atoms with Gasteiger partial charge in [-0.3, -0.25) is 9.69 Å². The van der Waals surface area contributed by atoms with Gasteiger partial charge in [-0.15, -0.1) is 0 Å². The van der Waals surface area contributed by atoms with E-state index in [2.05, 4.69) is 29.3 Å². The monoisotopic (exact) mass is 533 g/mol. The summed E-state index contributed by atoms with van der Waals surface area (Å²) in [6.07, 6.45) is 2.15. The smallest absolute Gasteiger partial charge is 0.414 e. The van der Waals surface area contributed by atoms with Crippen LogP contribution < -0.4 is 15.1 Å². The number of benzene rings is 3. The molecule has 8 heteroatoms. The summed E-state index contributed by atoms with van der Waals surface area (Å²) in [5.41, 5.74) is 4.37. The van der Waals surface area contributed by atoms with Gasteiger partial charge in [0.1, 0.15) is 12.4 Å². The number of ether oxygens (including phenoxy) is 1. The molecule has 2 N–H and O–H groups in total. The molecule has 0 bridgehead atoms. The molecule has 0 aliphatic carbocycles. The number of fused-ring (bicyclic) bond motifs is 1. The van der Waals surface area contributed by atoms with Gasteiger partial charge in [0.15, 0.2) is 0 Å². The molecule has 1 atom stereocenters. The Bertz CT molecular complexity index is 1320. The fourth-order valence-electron chi connectivity index (χ4n) is 5.32. The lowest BCUT2D eigenvalue weighted by atomic mass is 9.98. The highest BCUT2D eigenvalue weighted by atomic mass is 35.5. The van der Waals surface area contributed by atoms with E-state index < -0.39 is 0 Å². The Morgan fingerprint density at radius 2 is 1.82 bits per heavy atom. The Balaban J connectivity index is 1.16. The Morgan fingerprint density at radius 3 is 2.58 bits per heavy atom. The van der Waals surface area contributed by atoms with E-state index >= 15 is 0 Å². The van der Waals surface area contributed by atoms with Gasteiger partial charge in [0.05, 0.1) is 22.0 Å². The van der Waals surface area contributed by atoms with Crippen molar-refractivity contribution in [3.8, 4) is 5.75 Å². The summed E-state index contributed by atoms with van der Waals surface area (Å²) in [6, 6.07) is 20.7. The van der Waals surface area contributed by atoms with Crippen molar-refractivity contribution in [1.29, 1.82) is 0 Å². The lowest BCUT2D eigenvalue weighted by molar-refractivity contribution is 0.0945. The Hall–Kier alpha value is -3.71. The van der Waals surface area contributed by atoms with Crippen molar-refractivity contribution in [2.24, 2.45) is 5.92 Å². The quantitative estimate of drug-likeness (QED) is 0.402. The molecule has 5 rings (SSSR count). The highest BCUT2D eigenvalue weighted by Gasteiger charge is 2.34. The minimum Gasteiger partial charge on any atom is -0.507 e. The van der Waals surface area contributed by atoms with Crippen LogP contribution in [0.5, 0.6) is 5.75 Å². The summed E-state index contributed by atoms with van der Waals surface area (Å²) >= 11 is 6.72. The Morgan fingerprint density at radius 1 is 1.08 bits per heavy atom. The lowest BCUT2D eigenvalue weighted by Gasteiger charge is -2.41. The first-order valence-corrected chi connectivity index (χ1v) is 13.4. The number of carbonyl (C=O) groups excluding carboxylic acids is 2. The van der Waals surface area contributed by atoms with Gasteiger partial charge in [-0.05, 0) is 61.1 Å². The molecule has 3 aromatic rings. The molecule has 0 aromatic heterocycles. The van der Waals surface area contributed by atoms with Gasteiger partial charge >= 0.3 is 6.09 Å². The number of carbonyl (C=O) groups is 2. The van der Waals surface area contributed by atoms with Crippen LogP contribution in [0.4, 0.5) is 16.2 Å². The predicted octanol–water partition coefficient (Wildman–Crippen LogP) is 5.78. The molecule has 1 unspecified atom stereocenters. The number of hydrogen-bond donors (Lipinski definition) is 2. The van der Waals surface area contributed by atoms with E-state index in [0.29, 0.717) is 18.2 Å². The van der Waals surface area contributed by atoms with Crippen LogP contribution >= 0.6 is 11.6 Å². The maximum atomic E-state index is 12.6. The van der Waals surface area contributed by atoms with Gasteiger partial charge in [-0.1, -0.05) is 54.9 Å². The maximum absolute atomic E-state index is 12.6. The number of phenolic OH excluding ortho intramolecular Hbond substituents is 1. The Kier molecular flexibility index (Phi) is 7.74. The van der Waals surface area contributed by atoms with Gasteiger partial charge in [0.2, 0.25) is 0 Å². The molecule has 7 nitrogen and oxygen atoms in total. The van der Waals surface area contributed by atoms with E-state index in [-0.39, 0.29) is 35.3 Å². The maximum Gasteiger partial charge on any atom is 0.414 e. The molecule has 198 valence electrons. The third kappa shape index (κ3) is 5.58. The second-order valence-electron chi connectivity index (χ2n) is 10.1. The van der Waals surface area contributed by atoms with Gasteiger partial charge in [0, 0.05) is 31.2 Å². The van der Waals surface area contributed by atoms with Crippen LogP contribution in [0.25, 0.3) is 0 Å². The number of para-hydroxylation sites is 2. The fourth-order valence-corrected chi connectivity index (χ4v) is 5.64. The summed E-state index contributed by atoms with van der Waals surface area (Å²) < 4.78 is 5.42. The average molecular weight is 534 g/mol. The number of aromatic hydroxyl groups is 1. The lowest BCUT2D eigenvalue weighted by Crippen LogP contribution is -2.49. The first-order valence-electron chi connectivity index (χ1n) is 13.0. The first kappa shape index (κ1) is 25.9. The summed E-state index contributed by atoms with van der Waals surface area (Å²) in [5, 5.41) is 13.5. The number of nitrogens with one attached hydrogen (secondary N) is 1. The average Bonchev–Trinajstić information content (AvgIpc) is 2.92. The Labute approximate surface area is 228 Å². The fraction of sp³-hybridized carbons (Fsp3) is 0.333.